The van der Waals surface area contributed by atoms with Gasteiger partial charge in [-0.15, -0.1) is 6.42 Å². The molecule has 2 rings (SSSR count). The van der Waals surface area contributed by atoms with E-state index < -0.39 is 5.79 Å². The van der Waals surface area contributed by atoms with E-state index >= 15 is 0 Å². The van der Waals surface area contributed by atoms with E-state index in [-0.39, 0.29) is 0 Å². The molecule has 4 nitrogen and oxygen atoms in total. The lowest BCUT2D eigenvalue weighted by atomic mass is 10.0. The van der Waals surface area contributed by atoms with Crippen LogP contribution in [0, 0.1) is 12.3 Å². The number of rotatable bonds is 1. The lowest BCUT2D eigenvalue weighted by Crippen LogP contribution is -2.49. The van der Waals surface area contributed by atoms with Crippen molar-refractivity contribution in [3.05, 3.63) is 47.7 Å². The van der Waals surface area contributed by atoms with E-state index in [4.69, 9.17) is 17.9 Å². The van der Waals surface area contributed by atoms with Crippen molar-refractivity contribution < 1.29 is 0 Å². The molecule has 16 heavy (non-hydrogen) atoms. The smallest absolute Gasteiger partial charge is 0.211 e. The quantitative estimate of drug-likeness (QED) is 0.582. The summed E-state index contributed by atoms with van der Waals surface area (Å²) in [4.78, 5) is 4.17. The zero-order chi connectivity index (χ0) is 11.6. The van der Waals surface area contributed by atoms with Gasteiger partial charge in [0.15, 0.2) is 0 Å². The first kappa shape index (κ1) is 10.3. The molecule has 0 saturated heterocycles. The fraction of sp³-hybridized carbons (Fsp3) is 0.0833. The normalized spacial score (nSPS) is 23.1. The highest BCUT2D eigenvalue weighted by molar-refractivity contribution is 5.92. The van der Waals surface area contributed by atoms with Gasteiger partial charge in [-0.05, 0) is 18.2 Å². The molecule has 1 aromatic rings. The van der Waals surface area contributed by atoms with Crippen LogP contribution >= 0.6 is 0 Å². The third-order valence-electron chi connectivity index (χ3n) is 2.33. The van der Waals surface area contributed by atoms with Crippen LogP contribution in [0.1, 0.15) is 11.1 Å². The molecule has 1 unspecified atom stereocenters. The second kappa shape index (κ2) is 3.72. The third kappa shape index (κ3) is 1.76. The number of terminal acetylenes is 1. The Bertz CT molecular complexity index is 510. The van der Waals surface area contributed by atoms with Crippen LogP contribution in [-0.4, -0.2) is 5.84 Å². The SMILES string of the molecule is C#Cc1cccc(C2(N)N=C(N)C=CN2)c1. The van der Waals surface area contributed by atoms with Gasteiger partial charge in [0.25, 0.3) is 0 Å². The van der Waals surface area contributed by atoms with Crippen molar-refractivity contribution in [2.75, 3.05) is 0 Å². The summed E-state index contributed by atoms with van der Waals surface area (Å²) in [5, 5.41) is 2.95. The molecule has 1 aliphatic rings. The van der Waals surface area contributed by atoms with E-state index in [0.29, 0.717) is 5.84 Å². The van der Waals surface area contributed by atoms with Crippen molar-refractivity contribution in [3.63, 3.8) is 0 Å². The zero-order valence-corrected chi connectivity index (χ0v) is 8.64. The van der Waals surface area contributed by atoms with E-state index in [1.165, 1.54) is 0 Å². The largest absolute Gasteiger partial charge is 0.384 e. The minimum absolute atomic E-state index is 0.382. The lowest BCUT2D eigenvalue weighted by molar-refractivity contribution is 0.410. The Labute approximate surface area is 94.0 Å². The summed E-state index contributed by atoms with van der Waals surface area (Å²) in [5.74, 6) is 1.90. The summed E-state index contributed by atoms with van der Waals surface area (Å²) in [6.45, 7) is 0. The predicted octanol–water partition coefficient (Wildman–Crippen LogP) is 0.211. The topological polar surface area (TPSA) is 76.4 Å². The molecule has 0 spiro atoms. The second-order valence-electron chi connectivity index (χ2n) is 3.51. The van der Waals surface area contributed by atoms with Gasteiger partial charge in [0, 0.05) is 17.3 Å². The van der Waals surface area contributed by atoms with Crippen molar-refractivity contribution in [2.45, 2.75) is 5.79 Å². The molecule has 1 aromatic carbocycles. The molecule has 0 saturated carbocycles. The van der Waals surface area contributed by atoms with Gasteiger partial charge in [0.05, 0.1) is 0 Å². The maximum Gasteiger partial charge on any atom is 0.211 e. The molecule has 1 atom stereocenters. The van der Waals surface area contributed by atoms with Gasteiger partial charge in [-0.3, -0.25) is 5.73 Å². The van der Waals surface area contributed by atoms with Gasteiger partial charge in [-0.1, -0.05) is 18.1 Å². The Balaban J connectivity index is 2.44. The maximum atomic E-state index is 6.10. The van der Waals surface area contributed by atoms with Gasteiger partial charge in [0.2, 0.25) is 5.79 Å². The standard InChI is InChI=1S/C12H12N4/c1-2-9-4-3-5-10(8-9)12(14)15-7-6-11(13)16-12/h1,3-8,15H,14H2,(H2,13,16). The number of hydrogen-bond acceptors (Lipinski definition) is 4. The fourth-order valence-electron chi connectivity index (χ4n) is 1.52. The Hall–Kier alpha value is -2.25. The van der Waals surface area contributed by atoms with Crippen LogP contribution in [0.15, 0.2) is 41.5 Å². The zero-order valence-electron chi connectivity index (χ0n) is 8.64. The molecule has 1 heterocycles. The molecule has 5 N–H and O–H groups in total. The number of amidine groups is 1. The minimum atomic E-state index is -1.04. The van der Waals surface area contributed by atoms with E-state index in [1.807, 2.05) is 24.3 Å². The van der Waals surface area contributed by atoms with Crippen LogP contribution < -0.4 is 16.8 Å². The molecule has 80 valence electrons. The number of nitrogens with one attached hydrogen (secondary N) is 1. The highest BCUT2D eigenvalue weighted by Crippen LogP contribution is 2.19. The molecule has 0 aliphatic carbocycles. The van der Waals surface area contributed by atoms with Crippen LogP contribution in [0.4, 0.5) is 0 Å². The summed E-state index contributed by atoms with van der Waals surface area (Å²) in [6.07, 6.45) is 8.65. The minimum Gasteiger partial charge on any atom is -0.384 e. The van der Waals surface area contributed by atoms with Crippen LogP contribution in [0.2, 0.25) is 0 Å². The van der Waals surface area contributed by atoms with Crippen molar-refractivity contribution >= 4 is 5.84 Å². The van der Waals surface area contributed by atoms with Crippen LogP contribution in [0.5, 0.6) is 0 Å². The lowest BCUT2D eigenvalue weighted by Gasteiger charge is -2.28. The molecule has 0 fully saturated rings. The number of nitrogens with zero attached hydrogens (tertiary/aromatic N) is 1. The van der Waals surface area contributed by atoms with Gasteiger partial charge in [-0.25, -0.2) is 4.99 Å². The first-order valence-corrected chi connectivity index (χ1v) is 4.80. The third-order valence-corrected chi connectivity index (χ3v) is 2.33. The highest BCUT2D eigenvalue weighted by atomic mass is 15.3. The van der Waals surface area contributed by atoms with Crippen molar-refractivity contribution in [1.82, 2.24) is 5.32 Å². The van der Waals surface area contributed by atoms with Crippen molar-refractivity contribution in [3.8, 4) is 12.3 Å². The summed E-state index contributed by atoms with van der Waals surface area (Å²) in [6, 6.07) is 7.33. The van der Waals surface area contributed by atoms with Gasteiger partial charge in [0.1, 0.15) is 5.84 Å². The van der Waals surface area contributed by atoms with Crippen molar-refractivity contribution in [2.24, 2.45) is 16.5 Å². The van der Waals surface area contributed by atoms with Gasteiger partial charge in [-0.2, -0.15) is 0 Å². The molecular weight excluding hydrogens is 200 g/mol. The Morgan fingerprint density at radius 3 is 2.94 bits per heavy atom. The molecule has 0 radical (unpaired) electrons. The van der Waals surface area contributed by atoms with Gasteiger partial charge < -0.3 is 11.1 Å². The summed E-state index contributed by atoms with van der Waals surface area (Å²) in [7, 11) is 0. The number of benzene rings is 1. The fourth-order valence-corrected chi connectivity index (χ4v) is 1.52. The second-order valence-corrected chi connectivity index (χ2v) is 3.51. The van der Waals surface area contributed by atoms with Crippen molar-refractivity contribution in [1.29, 1.82) is 0 Å². The monoisotopic (exact) mass is 212 g/mol. The number of hydrogen-bond donors (Lipinski definition) is 3. The van der Waals surface area contributed by atoms with E-state index in [0.717, 1.165) is 11.1 Å². The molecule has 0 amide bonds. The maximum absolute atomic E-state index is 6.10. The highest BCUT2D eigenvalue weighted by Gasteiger charge is 2.27. The summed E-state index contributed by atoms with van der Waals surface area (Å²) >= 11 is 0. The Kier molecular flexibility index (Phi) is 2.39. The molecule has 0 aromatic heterocycles. The van der Waals surface area contributed by atoms with E-state index in [1.54, 1.807) is 12.3 Å². The average molecular weight is 212 g/mol. The van der Waals surface area contributed by atoms with Gasteiger partial charge >= 0.3 is 0 Å². The first-order chi connectivity index (χ1) is 7.64. The first-order valence-electron chi connectivity index (χ1n) is 4.80. The summed E-state index contributed by atoms with van der Waals surface area (Å²) in [5.41, 5.74) is 13.2. The molecular formula is C12H12N4. The Morgan fingerprint density at radius 1 is 1.44 bits per heavy atom. The molecule has 1 aliphatic heterocycles. The Morgan fingerprint density at radius 2 is 2.25 bits per heavy atom. The summed E-state index contributed by atoms with van der Waals surface area (Å²) < 4.78 is 0. The average Bonchev–Trinajstić information content (AvgIpc) is 2.29. The molecule has 4 heteroatoms. The van der Waals surface area contributed by atoms with Crippen LogP contribution in [0.25, 0.3) is 0 Å². The van der Waals surface area contributed by atoms with E-state index in [2.05, 4.69) is 16.2 Å². The molecule has 0 bridgehead atoms. The number of nitrogens with two attached hydrogens (primary N) is 2. The predicted molar refractivity (Wildman–Crippen MR) is 64.1 cm³/mol. The van der Waals surface area contributed by atoms with E-state index in [9.17, 15) is 0 Å². The van der Waals surface area contributed by atoms with Crippen LogP contribution in [0.3, 0.4) is 0 Å². The van der Waals surface area contributed by atoms with Crippen LogP contribution in [-0.2, 0) is 5.79 Å². The number of aliphatic imine (C=N–C) groups is 1.